The SMILES string of the molecule is CC1CC(C(=O)O)CN(C(=O)NCCc2cnc(SC3CCCC3)nc2)C1. The maximum absolute atomic E-state index is 12.3. The number of carbonyl (C=O) groups excluding carboxylic acids is 1. The number of likely N-dealkylation sites (tertiary alicyclic amines) is 1. The number of aliphatic carboxylic acids is 1. The van der Waals surface area contributed by atoms with E-state index in [1.54, 1.807) is 16.7 Å². The van der Waals surface area contributed by atoms with E-state index in [1.807, 2.05) is 19.3 Å². The Bertz CT molecular complexity index is 649. The second kappa shape index (κ2) is 9.39. The molecule has 2 N–H and O–H groups in total. The van der Waals surface area contributed by atoms with E-state index in [1.165, 1.54) is 25.7 Å². The van der Waals surface area contributed by atoms with Crippen LogP contribution in [-0.4, -0.2) is 56.9 Å². The summed E-state index contributed by atoms with van der Waals surface area (Å²) in [5.41, 5.74) is 0.987. The number of nitrogens with zero attached hydrogens (tertiary/aromatic N) is 3. The molecule has 7 nitrogen and oxygen atoms in total. The number of piperidine rings is 1. The van der Waals surface area contributed by atoms with Crippen LogP contribution < -0.4 is 5.32 Å². The van der Waals surface area contributed by atoms with Crippen LogP contribution in [0.25, 0.3) is 0 Å². The second-order valence-corrected chi connectivity index (χ2v) is 8.93. The Morgan fingerprint density at radius 2 is 1.96 bits per heavy atom. The molecule has 1 saturated carbocycles. The molecular weight excluding hydrogens is 364 g/mol. The van der Waals surface area contributed by atoms with Crippen LogP contribution in [0.15, 0.2) is 17.6 Å². The Morgan fingerprint density at radius 1 is 1.26 bits per heavy atom. The molecule has 0 aromatic carbocycles. The third kappa shape index (κ3) is 5.82. The molecule has 27 heavy (non-hydrogen) atoms. The molecule has 2 fully saturated rings. The molecule has 1 aromatic rings. The lowest BCUT2D eigenvalue weighted by molar-refractivity contribution is -0.143. The van der Waals surface area contributed by atoms with Gasteiger partial charge in [0, 0.05) is 37.3 Å². The number of rotatable bonds is 6. The highest BCUT2D eigenvalue weighted by atomic mass is 32.2. The molecule has 1 aromatic heterocycles. The first kappa shape index (κ1) is 19.9. The average Bonchev–Trinajstić information content (AvgIpc) is 3.15. The zero-order valence-corrected chi connectivity index (χ0v) is 16.6. The van der Waals surface area contributed by atoms with Crippen molar-refractivity contribution in [3.8, 4) is 0 Å². The monoisotopic (exact) mass is 392 g/mol. The summed E-state index contributed by atoms with van der Waals surface area (Å²) in [4.78, 5) is 34.0. The number of hydrogen-bond donors (Lipinski definition) is 2. The Labute approximate surface area is 164 Å². The highest BCUT2D eigenvalue weighted by Crippen LogP contribution is 2.32. The minimum Gasteiger partial charge on any atom is -0.481 e. The smallest absolute Gasteiger partial charge is 0.317 e. The number of carbonyl (C=O) groups is 2. The van der Waals surface area contributed by atoms with Gasteiger partial charge in [0.05, 0.1) is 5.92 Å². The molecular formula is C19H28N4O3S. The second-order valence-electron chi connectivity index (χ2n) is 7.66. The first-order valence-electron chi connectivity index (χ1n) is 9.74. The van der Waals surface area contributed by atoms with E-state index in [-0.39, 0.29) is 18.5 Å². The van der Waals surface area contributed by atoms with Crippen molar-refractivity contribution >= 4 is 23.8 Å². The first-order chi connectivity index (χ1) is 13.0. The van der Waals surface area contributed by atoms with Crippen molar-refractivity contribution in [3.05, 3.63) is 18.0 Å². The van der Waals surface area contributed by atoms with Gasteiger partial charge in [-0.3, -0.25) is 4.79 Å². The quantitative estimate of drug-likeness (QED) is 0.723. The van der Waals surface area contributed by atoms with Crippen LogP contribution in [0.2, 0.25) is 0 Å². The summed E-state index contributed by atoms with van der Waals surface area (Å²) in [7, 11) is 0. The molecule has 1 aliphatic carbocycles. The minimum atomic E-state index is -0.827. The summed E-state index contributed by atoms with van der Waals surface area (Å²) in [6.07, 6.45) is 10.1. The van der Waals surface area contributed by atoms with Gasteiger partial charge in [-0.2, -0.15) is 0 Å². The van der Waals surface area contributed by atoms with E-state index in [0.29, 0.717) is 31.2 Å². The zero-order chi connectivity index (χ0) is 19.2. The molecule has 1 aliphatic heterocycles. The largest absolute Gasteiger partial charge is 0.481 e. The third-order valence-electron chi connectivity index (χ3n) is 5.24. The molecule has 2 atom stereocenters. The zero-order valence-electron chi connectivity index (χ0n) is 15.8. The molecule has 2 heterocycles. The van der Waals surface area contributed by atoms with E-state index >= 15 is 0 Å². The lowest BCUT2D eigenvalue weighted by atomic mass is 9.91. The molecule has 0 radical (unpaired) electrons. The Balaban J connectivity index is 1.42. The molecule has 2 aliphatic rings. The normalized spacial score (nSPS) is 23.4. The Morgan fingerprint density at radius 3 is 2.63 bits per heavy atom. The van der Waals surface area contributed by atoms with Gasteiger partial charge in [0.25, 0.3) is 0 Å². The van der Waals surface area contributed by atoms with Crippen molar-refractivity contribution in [2.24, 2.45) is 11.8 Å². The lowest BCUT2D eigenvalue weighted by Gasteiger charge is -2.34. The molecule has 0 bridgehead atoms. The standard InChI is InChI=1S/C19H28N4O3S/c1-13-8-15(17(24)25)12-23(11-13)19(26)20-7-6-14-9-21-18(22-10-14)27-16-4-2-3-5-16/h9-10,13,15-16H,2-8,11-12H2,1H3,(H,20,26)(H,24,25). The predicted molar refractivity (Wildman–Crippen MR) is 104 cm³/mol. The van der Waals surface area contributed by atoms with Crippen molar-refractivity contribution in [3.63, 3.8) is 0 Å². The van der Waals surface area contributed by atoms with Crippen molar-refractivity contribution in [1.82, 2.24) is 20.2 Å². The third-order valence-corrected chi connectivity index (χ3v) is 6.47. The molecule has 148 valence electrons. The number of carboxylic acid groups (broad SMARTS) is 1. The fraction of sp³-hybridized carbons (Fsp3) is 0.684. The number of nitrogens with one attached hydrogen (secondary N) is 1. The van der Waals surface area contributed by atoms with Gasteiger partial charge in [-0.1, -0.05) is 31.5 Å². The summed E-state index contributed by atoms with van der Waals surface area (Å²) < 4.78 is 0. The van der Waals surface area contributed by atoms with Crippen LogP contribution in [0.5, 0.6) is 0 Å². The van der Waals surface area contributed by atoms with Gasteiger partial charge in [-0.25, -0.2) is 14.8 Å². The molecule has 2 unspecified atom stereocenters. The van der Waals surface area contributed by atoms with E-state index in [4.69, 9.17) is 0 Å². The van der Waals surface area contributed by atoms with Gasteiger partial charge in [-0.15, -0.1) is 0 Å². The number of urea groups is 1. The summed E-state index contributed by atoms with van der Waals surface area (Å²) in [5.74, 6) is -1.10. The topological polar surface area (TPSA) is 95.4 Å². The van der Waals surface area contributed by atoms with Gasteiger partial charge in [0.2, 0.25) is 0 Å². The van der Waals surface area contributed by atoms with E-state index in [0.717, 1.165) is 10.7 Å². The number of aromatic nitrogens is 2. The number of amides is 2. The fourth-order valence-corrected chi connectivity index (χ4v) is 4.90. The van der Waals surface area contributed by atoms with Crippen LogP contribution in [0.1, 0.15) is 44.6 Å². The van der Waals surface area contributed by atoms with E-state index in [9.17, 15) is 14.7 Å². The summed E-state index contributed by atoms with van der Waals surface area (Å²) in [6.45, 7) is 3.35. The van der Waals surface area contributed by atoms with Gasteiger partial charge >= 0.3 is 12.0 Å². The highest BCUT2D eigenvalue weighted by Gasteiger charge is 2.31. The predicted octanol–water partition coefficient (Wildman–Crippen LogP) is 2.81. The van der Waals surface area contributed by atoms with Crippen LogP contribution in [0.3, 0.4) is 0 Å². The molecule has 1 saturated heterocycles. The summed E-state index contributed by atoms with van der Waals surface area (Å²) in [5, 5.41) is 13.6. The molecule has 8 heteroatoms. The maximum atomic E-state index is 12.3. The van der Waals surface area contributed by atoms with Crippen molar-refractivity contribution in [2.45, 2.75) is 55.9 Å². The average molecular weight is 393 g/mol. The number of hydrogen-bond acceptors (Lipinski definition) is 5. The van der Waals surface area contributed by atoms with E-state index < -0.39 is 11.9 Å². The van der Waals surface area contributed by atoms with Gasteiger partial charge in [0.15, 0.2) is 5.16 Å². The molecule has 0 spiro atoms. The molecule has 3 rings (SSSR count). The van der Waals surface area contributed by atoms with Gasteiger partial charge < -0.3 is 15.3 Å². The summed E-state index contributed by atoms with van der Waals surface area (Å²) >= 11 is 1.76. The highest BCUT2D eigenvalue weighted by molar-refractivity contribution is 7.99. The minimum absolute atomic E-state index is 0.192. The van der Waals surface area contributed by atoms with Gasteiger partial charge in [0.1, 0.15) is 0 Å². The maximum Gasteiger partial charge on any atom is 0.317 e. The number of carboxylic acids is 1. The van der Waals surface area contributed by atoms with Crippen molar-refractivity contribution in [1.29, 1.82) is 0 Å². The van der Waals surface area contributed by atoms with Crippen molar-refractivity contribution < 1.29 is 14.7 Å². The Kier molecular flexibility index (Phi) is 6.93. The van der Waals surface area contributed by atoms with Crippen LogP contribution >= 0.6 is 11.8 Å². The summed E-state index contributed by atoms with van der Waals surface area (Å²) in [6, 6.07) is -0.192. The van der Waals surface area contributed by atoms with Crippen LogP contribution in [0, 0.1) is 11.8 Å². The van der Waals surface area contributed by atoms with Crippen LogP contribution in [0.4, 0.5) is 4.79 Å². The van der Waals surface area contributed by atoms with Crippen LogP contribution in [-0.2, 0) is 11.2 Å². The molecule has 2 amide bonds. The lowest BCUT2D eigenvalue weighted by Crippen LogP contribution is -2.49. The van der Waals surface area contributed by atoms with Gasteiger partial charge in [-0.05, 0) is 37.2 Å². The fourth-order valence-electron chi connectivity index (χ4n) is 3.81. The Hall–Kier alpha value is -1.83. The first-order valence-corrected chi connectivity index (χ1v) is 10.6. The number of thioether (sulfide) groups is 1. The van der Waals surface area contributed by atoms with Crippen molar-refractivity contribution in [2.75, 3.05) is 19.6 Å². The van der Waals surface area contributed by atoms with E-state index in [2.05, 4.69) is 15.3 Å².